The highest BCUT2D eigenvalue weighted by Crippen LogP contribution is 2.27. The molecule has 2 aromatic carbocycles. The van der Waals surface area contributed by atoms with Crippen LogP contribution >= 0.6 is 0 Å². The molecule has 0 aliphatic heterocycles. The molecule has 0 aliphatic rings. The van der Waals surface area contributed by atoms with E-state index >= 15 is 0 Å². The van der Waals surface area contributed by atoms with E-state index in [9.17, 15) is 9.59 Å². The highest BCUT2D eigenvalue weighted by Gasteiger charge is 2.25. The van der Waals surface area contributed by atoms with Crippen molar-refractivity contribution in [1.29, 1.82) is 0 Å². The molecule has 0 unspecified atom stereocenters. The first-order valence-electron chi connectivity index (χ1n) is 10.5. The summed E-state index contributed by atoms with van der Waals surface area (Å²) in [6.45, 7) is 9.30. The van der Waals surface area contributed by atoms with Crippen LogP contribution in [0.4, 0.5) is 4.79 Å². The fraction of sp³-hybridized carbons (Fsp3) is 0.320. The lowest BCUT2D eigenvalue weighted by Gasteiger charge is -2.22. The minimum atomic E-state index is -0.906. The molecule has 33 heavy (non-hydrogen) atoms. The average molecular weight is 453 g/mol. The van der Waals surface area contributed by atoms with Crippen molar-refractivity contribution in [3.63, 3.8) is 0 Å². The molecule has 0 spiro atoms. The molecule has 8 heteroatoms. The first kappa shape index (κ1) is 23.8. The molecule has 1 amide bonds. The number of esters is 1. The van der Waals surface area contributed by atoms with E-state index in [-0.39, 0.29) is 6.42 Å². The zero-order valence-corrected chi connectivity index (χ0v) is 19.2. The monoisotopic (exact) mass is 452 g/mol. The van der Waals surface area contributed by atoms with Crippen molar-refractivity contribution in [1.82, 2.24) is 10.3 Å². The molecule has 1 aromatic heterocycles. The highest BCUT2D eigenvalue weighted by molar-refractivity contribution is 5.82. The SMILES string of the molecule is C=CCOc1ccc(-c2nc3cc(C[C@H](NC(=O)OC(C)(C)C)C(=O)OC)ccc3o2)cc1. The number of rotatable bonds is 8. The smallest absolute Gasteiger partial charge is 0.408 e. The number of carbonyl (C=O) groups excluding carboxylic acids is 2. The molecule has 1 atom stereocenters. The van der Waals surface area contributed by atoms with Crippen LogP contribution < -0.4 is 10.1 Å². The van der Waals surface area contributed by atoms with Gasteiger partial charge in [0.25, 0.3) is 0 Å². The Kier molecular flexibility index (Phi) is 7.37. The number of nitrogens with zero attached hydrogens (tertiary/aromatic N) is 1. The van der Waals surface area contributed by atoms with Gasteiger partial charge in [0.05, 0.1) is 7.11 Å². The van der Waals surface area contributed by atoms with E-state index in [1.165, 1.54) is 7.11 Å². The number of hydrogen-bond acceptors (Lipinski definition) is 7. The number of methoxy groups -OCH3 is 1. The van der Waals surface area contributed by atoms with E-state index in [0.29, 0.717) is 23.6 Å². The van der Waals surface area contributed by atoms with Gasteiger partial charge in [0.1, 0.15) is 29.5 Å². The van der Waals surface area contributed by atoms with E-state index in [0.717, 1.165) is 16.9 Å². The second kappa shape index (κ2) is 10.2. The molecule has 0 saturated heterocycles. The normalized spacial score (nSPS) is 12.1. The molecule has 0 bridgehead atoms. The first-order valence-corrected chi connectivity index (χ1v) is 10.5. The standard InChI is InChI=1S/C25H28N2O6/c1-6-13-31-18-10-8-17(9-11-18)22-26-19-14-16(7-12-21(19)32-22)15-20(23(28)30-5)27-24(29)33-25(2,3)4/h6-12,14,20H,1,13,15H2,2-5H3,(H,27,29)/t20-/m0/s1. The topological polar surface area (TPSA) is 99.9 Å². The lowest BCUT2D eigenvalue weighted by atomic mass is 10.1. The summed E-state index contributed by atoms with van der Waals surface area (Å²) in [6, 6.07) is 11.9. The Hall–Kier alpha value is -3.81. The van der Waals surface area contributed by atoms with Gasteiger partial charge < -0.3 is 23.9 Å². The van der Waals surface area contributed by atoms with Crippen molar-refractivity contribution in [2.75, 3.05) is 13.7 Å². The van der Waals surface area contributed by atoms with E-state index in [2.05, 4.69) is 16.9 Å². The van der Waals surface area contributed by atoms with Crippen molar-refractivity contribution >= 4 is 23.2 Å². The maximum Gasteiger partial charge on any atom is 0.408 e. The maximum absolute atomic E-state index is 12.2. The summed E-state index contributed by atoms with van der Waals surface area (Å²) in [5, 5.41) is 2.57. The van der Waals surface area contributed by atoms with Crippen LogP contribution in [-0.2, 0) is 20.7 Å². The summed E-state index contributed by atoms with van der Waals surface area (Å²) in [6.07, 6.45) is 1.20. The average Bonchev–Trinajstić information content (AvgIpc) is 3.19. The molecule has 0 aliphatic carbocycles. The number of hydrogen-bond donors (Lipinski definition) is 1. The lowest BCUT2D eigenvalue weighted by Crippen LogP contribution is -2.45. The number of benzene rings is 2. The van der Waals surface area contributed by atoms with Gasteiger partial charge in [0.2, 0.25) is 5.89 Å². The van der Waals surface area contributed by atoms with Crippen LogP contribution in [-0.4, -0.2) is 42.4 Å². The number of carbonyl (C=O) groups is 2. The van der Waals surface area contributed by atoms with Gasteiger partial charge in [-0.15, -0.1) is 0 Å². The lowest BCUT2D eigenvalue weighted by molar-refractivity contribution is -0.143. The molecule has 3 aromatic rings. The van der Waals surface area contributed by atoms with Crippen LogP contribution in [0.5, 0.6) is 5.75 Å². The molecular weight excluding hydrogens is 424 g/mol. The van der Waals surface area contributed by atoms with Crippen molar-refractivity contribution < 1.29 is 28.2 Å². The predicted octanol–water partition coefficient (Wildman–Crippen LogP) is 4.67. The minimum Gasteiger partial charge on any atom is -0.490 e. The molecule has 0 fully saturated rings. The third kappa shape index (κ3) is 6.58. The molecule has 8 nitrogen and oxygen atoms in total. The van der Waals surface area contributed by atoms with Crippen LogP contribution in [0.2, 0.25) is 0 Å². The summed E-state index contributed by atoms with van der Waals surface area (Å²) >= 11 is 0. The predicted molar refractivity (Wildman–Crippen MR) is 124 cm³/mol. The number of fused-ring (bicyclic) bond motifs is 1. The second-order valence-electron chi connectivity index (χ2n) is 8.37. The fourth-order valence-corrected chi connectivity index (χ4v) is 3.09. The van der Waals surface area contributed by atoms with Gasteiger partial charge in [-0.2, -0.15) is 0 Å². The van der Waals surface area contributed by atoms with Crippen LogP contribution in [0.15, 0.2) is 59.5 Å². The maximum atomic E-state index is 12.2. The molecule has 0 radical (unpaired) electrons. The van der Waals surface area contributed by atoms with E-state index in [1.54, 1.807) is 32.9 Å². The van der Waals surface area contributed by atoms with E-state index in [1.807, 2.05) is 36.4 Å². The number of amides is 1. The Morgan fingerprint density at radius 2 is 1.91 bits per heavy atom. The third-order valence-corrected chi connectivity index (χ3v) is 4.54. The summed E-state index contributed by atoms with van der Waals surface area (Å²) in [5.74, 6) is 0.623. The van der Waals surface area contributed by atoms with Gasteiger partial charge in [0, 0.05) is 12.0 Å². The zero-order valence-electron chi connectivity index (χ0n) is 19.2. The third-order valence-electron chi connectivity index (χ3n) is 4.54. The molecule has 174 valence electrons. The fourth-order valence-electron chi connectivity index (χ4n) is 3.09. The van der Waals surface area contributed by atoms with Gasteiger partial charge in [0.15, 0.2) is 5.58 Å². The number of alkyl carbamates (subject to hydrolysis) is 1. The van der Waals surface area contributed by atoms with E-state index in [4.69, 9.17) is 18.6 Å². The largest absolute Gasteiger partial charge is 0.490 e. The van der Waals surface area contributed by atoms with Gasteiger partial charge >= 0.3 is 12.1 Å². The minimum absolute atomic E-state index is 0.208. The van der Waals surface area contributed by atoms with Gasteiger partial charge in [-0.1, -0.05) is 18.7 Å². The van der Waals surface area contributed by atoms with Crippen LogP contribution in [0.1, 0.15) is 26.3 Å². The van der Waals surface area contributed by atoms with Crippen molar-refractivity contribution in [3.8, 4) is 17.2 Å². The summed E-state index contributed by atoms with van der Waals surface area (Å²) in [4.78, 5) is 28.9. The Bertz CT molecular complexity index is 1130. The Labute approximate surface area is 192 Å². The second-order valence-corrected chi connectivity index (χ2v) is 8.37. The van der Waals surface area contributed by atoms with Gasteiger partial charge in [-0.25, -0.2) is 14.6 Å². The molecule has 3 rings (SSSR count). The first-order chi connectivity index (χ1) is 15.7. The van der Waals surface area contributed by atoms with Crippen molar-refractivity contribution in [2.24, 2.45) is 0 Å². The zero-order chi connectivity index (χ0) is 24.0. The molecular formula is C25H28N2O6. The summed E-state index contributed by atoms with van der Waals surface area (Å²) in [5.41, 5.74) is 2.14. The quantitative estimate of drug-likeness (QED) is 0.392. The van der Waals surface area contributed by atoms with Crippen molar-refractivity contribution in [3.05, 3.63) is 60.7 Å². The molecule has 0 saturated carbocycles. The highest BCUT2D eigenvalue weighted by atomic mass is 16.6. The van der Waals surface area contributed by atoms with Gasteiger partial charge in [-0.05, 0) is 62.7 Å². The number of aromatic nitrogens is 1. The molecule has 1 N–H and O–H groups in total. The Morgan fingerprint density at radius 1 is 1.18 bits per heavy atom. The Balaban J connectivity index is 1.77. The number of nitrogens with one attached hydrogen (secondary N) is 1. The van der Waals surface area contributed by atoms with Crippen LogP contribution in [0.25, 0.3) is 22.6 Å². The van der Waals surface area contributed by atoms with E-state index < -0.39 is 23.7 Å². The Morgan fingerprint density at radius 3 is 2.55 bits per heavy atom. The van der Waals surface area contributed by atoms with Crippen molar-refractivity contribution in [2.45, 2.75) is 38.8 Å². The number of oxazole rings is 1. The van der Waals surface area contributed by atoms with Crippen LogP contribution in [0.3, 0.4) is 0 Å². The van der Waals surface area contributed by atoms with Gasteiger partial charge in [-0.3, -0.25) is 0 Å². The summed E-state index contributed by atoms with van der Waals surface area (Å²) < 4.78 is 21.5. The van der Waals surface area contributed by atoms with Crippen LogP contribution in [0, 0.1) is 0 Å². The summed E-state index contributed by atoms with van der Waals surface area (Å²) in [7, 11) is 1.27. The number of ether oxygens (including phenoxy) is 3. The molecule has 1 heterocycles.